The van der Waals surface area contributed by atoms with E-state index < -0.39 is 17.9 Å². The van der Waals surface area contributed by atoms with Crippen molar-refractivity contribution in [1.29, 1.82) is 0 Å². The summed E-state index contributed by atoms with van der Waals surface area (Å²) in [6.07, 6.45) is 8.36. The second-order valence-electron chi connectivity index (χ2n) is 10.3. The zero-order chi connectivity index (χ0) is 23.4. The summed E-state index contributed by atoms with van der Waals surface area (Å²) in [6, 6.07) is 6.39. The zero-order valence-electron chi connectivity index (χ0n) is 19.1. The van der Waals surface area contributed by atoms with Crippen molar-refractivity contribution in [3.8, 4) is 11.1 Å². The second kappa shape index (κ2) is 8.34. The van der Waals surface area contributed by atoms with Crippen LogP contribution in [0.5, 0.6) is 0 Å². The van der Waals surface area contributed by atoms with Gasteiger partial charge in [0.2, 0.25) is 11.8 Å². The first kappa shape index (κ1) is 21.5. The minimum atomic E-state index is -0.574. The van der Waals surface area contributed by atoms with Crippen LogP contribution >= 0.6 is 0 Å². The van der Waals surface area contributed by atoms with Crippen LogP contribution in [0.2, 0.25) is 0 Å². The minimum Gasteiger partial charge on any atom is -0.396 e. The Bertz CT molecular complexity index is 1170. The molecule has 0 spiro atoms. The Morgan fingerprint density at radius 1 is 1.15 bits per heavy atom. The molecule has 8 heteroatoms. The molecule has 2 saturated carbocycles. The zero-order valence-corrected chi connectivity index (χ0v) is 19.1. The van der Waals surface area contributed by atoms with Crippen LogP contribution in [0.4, 0.5) is 0 Å². The van der Waals surface area contributed by atoms with Crippen molar-refractivity contribution >= 4 is 11.8 Å². The fourth-order valence-corrected chi connectivity index (χ4v) is 6.00. The summed E-state index contributed by atoms with van der Waals surface area (Å²) in [4.78, 5) is 46.6. The first-order valence-electron chi connectivity index (χ1n) is 12.4. The predicted molar refractivity (Wildman–Crippen MR) is 124 cm³/mol. The average Bonchev–Trinajstić information content (AvgIpc) is 3.61. The molecule has 2 bridgehead atoms. The number of carbonyl (C=O) groups is 2. The molecule has 34 heavy (non-hydrogen) atoms. The second-order valence-corrected chi connectivity index (χ2v) is 10.3. The lowest BCUT2D eigenvalue weighted by atomic mass is 9.83. The maximum atomic E-state index is 13.6. The highest BCUT2D eigenvalue weighted by atomic mass is 16.3. The standard InChI is InChI=1S/C26H30N4O4/c31-14-19-21-13-29-20(9-8-18(26(29)34)17-5-2-10-27-12-17)23(30(21)25(33)16-3-1-4-16)22(19)24(32)28-11-15-6-7-15/h2,5,8-10,12,15-16,19,21-23,31H,1,3-4,6-7,11,13-14H2,(H,28,32)/t19-,21-,22+,23+/m1/s1. The van der Waals surface area contributed by atoms with Crippen LogP contribution < -0.4 is 10.9 Å². The van der Waals surface area contributed by atoms with Crippen molar-refractivity contribution in [3.05, 3.63) is 52.7 Å². The fourth-order valence-electron chi connectivity index (χ4n) is 6.00. The number of aliphatic hydroxyl groups is 1. The van der Waals surface area contributed by atoms with Gasteiger partial charge in [-0.3, -0.25) is 19.4 Å². The van der Waals surface area contributed by atoms with Crippen molar-refractivity contribution in [2.24, 2.45) is 23.7 Å². The third-order valence-corrected chi connectivity index (χ3v) is 8.29. The quantitative estimate of drug-likeness (QED) is 0.680. The Hall–Kier alpha value is -3.00. The van der Waals surface area contributed by atoms with Crippen molar-refractivity contribution in [1.82, 2.24) is 19.8 Å². The van der Waals surface area contributed by atoms with Crippen molar-refractivity contribution in [2.75, 3.05) is 13.2 Å². The van der Waals surface area contributed by atoms with Crippen LogP contribution in [0.3, 0.4) is 0 Å². The van der Waals surface area contributed by atoms with E-state index in [1.54, 1.807) is 29.1 Å². The van der Waals surface area contributed by atoms with E-state index in [9.17, 15) is 19.5 Å². The Kier molecular flexibility index (Phi) is 5.28. The number of nitrogens with zero attached hydrogens (tertiary/aromatic N) is 3. The van der Waals surface area contributed by atoms with Crippen molar-refractivity contribution in [2.45, 2.75) is 50.7 Å². The van der Waals surface area contributed by atoms with Gasteiger partial charge in [0.05, 0.1) is 18.0 Å². The molecular weight excluding hydrogens is 432 g/mol. The summed E-state index contributed by atoms with van der Waals surface area (Å²) < 4.78 is 1.72. The normalized spacial score (nSPS) is 27.7. The third-order valence-electron chi connectivity index (χ3n) is 8.29. The van der Waals surface area contributed by atoms with Gasteiger partial charge in [0, 0.05) is 60.7 Å². The number of rotatable bonds is 6. The lowest BCUT2D eigenvalue weighted by Gasteiger charge is -2.41. The first-order valence-corrected chi connectivity index (χ1v) is 12.4. The van der Waals surface area contributed by atoms with Crippen LogP contribution in [-0.2, 0) is 16.1 Å². The van der Waals surface area contributed by atoms with Crippen LogP contribution in [0.1, 0.15) is 43.8 Å². The number of hydrogen-bond acceptors (Lipinski definition) is 5. The summed E-state index contributed by atoms with van der Waals surface area (Å²) in [6.45, 7) is 0.721. The molecule has 4 heterocycles. The fraction of sp³-hybridized carbons (Fsp3) is 0.538. The molecule has 3 fully saturated rings. The molecule has 2 aliphatic heterocycles. The lowest BCUT2D eigenvalue weighted by molar-refractivity contribution is -0.143. The van der Waals surface area contributed by atoms with Crippen LogP contribution in [0.25, 0.3) is 11.1 Å². The average molecular weight is 463 g/mol. The van der Waals surface area contributed by atoms with Crippen molar-refractivity contribution < 1.29 is 14.7 Å². The highest BCUT2D eigenvalue weighted by Gasteiger charge is 2.58. The lowest BCUT2D eigenvalue weighted by Crippen LogP contribution is -2.51. The largest absolute Gasteiger partial charge is 0.396 e. The summed E-state index contributed by atoms with van der Waals surface area (Å²) in [5, 5.41) is 13.5. The predicted octanol–water partition coefficient (Wildman–Crippen LogP) is 1.73. The van der Waals surface area contributed by atoms with E-state index in [2.05, 4.69) is 10.3 Å². The number of fused-ring (bicyclic) bond motifs is 4. The van der Waals surface area contributed by atoms with Gasteiger partial charge < -0.3 is 19.9 Å². The van der Waals surface area contributed by atoms with Gasteiger partial charge in [-0.25, -0.2) is 0 Å². The maximum Gasteiger partial charge on any atom is 0.258 e. The first-order chi connectivity index (χ1) is 16.6. The molecule has 2 aromatic rings. The number of aliphatic hydroxyl groups excluding tert-OH is 1. The molecule has 8 nitrogen and oxygen atoms in total. The highest BCUT2D eigenvalue weighted by molar-refractivity contribution is 5.85. The van der Waals surface area contributed by atoms with Crippen molar-refractivity contribution in [3.63, 3.8) is 0 Å². The molecule has 1 saturated heterocycles. The topological polar surface area (TPSA) is 105 Å². The molecule has 2 N–H and O–H groups in total. The maximum absolute atomic E-state index is 13.6. The number of aromatic nitrogens is 2. The molecule has 6 rings (SSSR count). The number of pyridine rings is 2. The van der Waals surface area contributed by atoms with Gasteiger partial charge in [-0.1, -0.05) is 12.5 Å². The van der Waals surface area contributed by atoms with Crippen LogP contribution in [0, 0.1) is 23.7 Å². The molecule has 2 aromatic heterocycles. The van der Waals surface area contributed by atoms with Gasteiger partial charge in [-0.15, -0.1) is 0 Å². The van der Waals surface area contributed by atoms with Gasteiger partial charge >= 0.3 is 0 Å². The summed E-state index contributed by atoms with van der Waals surface area (Å²) in [5.74, 6) is -0.536. The summed E-state index contributed by atoms with van der Waals surface area (Å²) in [5.41, 5.74) is 1.82. The molecule has 0 unspecified atom stereocenters. The van der Waals surface area contributed by atoms with E-state index in [1.807, 2.05) is 17.0 Å². The summed E-state index contributed by atoms with van der Waals surface area (Å²) >= 11 is 0. The molecule has 0 radical (unpaired) electrons. The Labute approximate surface area is 198 Å². The van der Waals surface area contributed by atoms with E-state index >= 15 is 0 Å². The Balaban J connectivity index is 1.43. The summed E-state index contributed by atoms with van der Waals surface area (Å²) in [7, 11) is 0. The van der Waals surface area contributed by atoms with E-state index in [0.29, 0.717) is 23.7 Å². The Morgan fingerprint density at radius 2 is 1.97 bits per heavy atom. The number of nitrogens with one attached hydrogen (secondary N) is 1. The molecule has 4 aliphatic rings. The monoisotopic (exact) mass is 462 g/mol. The van der Waals surface area contributed by atoms with Gasteiger partial charge in [-0.05, 0) is 49.8 Å². The smallest absolute Gasteiger partial charge is 0.258 e. The van der Waals surface area contributed by atoms with E-state index in [4.69, 9.17) is 0 Å². The van der Waals surface area contributed by atoms with Crippen LogP contribution in [0.15, 0.2) is 41.5 Å². The number of carbonyl (C=O) groups excluding carboxylic acids is 2. The van der Waals surface area contributed by atoms with Gasteiger partial charge in [-0.2, -0.15) is 0 Å². The number of hydrogen-bond donors (Lipinski definition) is 2. The molecule has 4 atom stereocenters. The van der Waals surface area contributed by atoms with Gasteiger partial charge in [0.25, 0.3) is 5.56 Å². The molecule has 0 aromatic carbocycles. The highest BCUT2D eigenvalue weighted by Crippen LogP contribution is 2.50. The SMILES string of the molecule is O=C(NCC1CC1)[C@H]1[C@H](CO)[C@H]2Cn3c(ccc(-c4cccnc4)c3=O)[C@@H]1N2C(=O)C1CCC1. The number of amides is 2. The molecule has 2 amide bonds. The van der Waals surface area contributed by atoms with Gasteiger partial charge in [0.15, 0.2) is 0 Å². The van der Waals surface area contributed by atoms with Crippen LogP contribution in [-0.4, -0.2) is 50.6 Å². The van der Waals surface area contributed by atoms with E-state index in [1.165, 1.54) is 0 Å². The van der Waals surface area contributed by atoms with E-state index in [0.717, 1.165) is 37.7 Å². The molecule has 178 valence electrons. The molecular formula is C26H30N4O4. The van der Waals surface area contributed by atoms with Gasteiger partial charge in [0.1, 0.15) is 0 Å². The third kappa shape index (κ3) is 3.38. The molecule has 2 aliphatic carbocycles. The minimum absolute atomic E-state index is 0.0226. The van der Waals surface area contributed by atoms with E-state index in [-0.39, 0.29) is 42.5 Å². The Morgan fingerprint density at radius 3 is 2.62 bits per heavy atom.